The second-order valence-corrected chi connectivity index (χ2v) is 8.48. The van der Waals surface area contributed by atoms with Crippen molar-refractivity contribution < 1.29 is 23.2 Å². The lowest BCUT2D eigenvalue weighted by Crippen LogP contribution is -2.34. The van der Waals surface area contributed by atoms with E-state index in [9.17, 15) is 18.7 Å². The molecule has 1 N–H and O–H groups in total. The molecule has 0 fully saturated rings. The molecule has 0 saturated heterocycles. The molecule has 0 unspecified atom stereocenters. The van der Waals surface area contributed by atoms with E-state index < -0.39 is 17.7 Å². The monoisotopic (exact) mass is 482 g/mol. The van der Waals surface area contributed by atoms with Crippen molar-refractivity contribution >= 4 is 11.8 Å². The lowest BCUT2D eigenvalue weighted by atomic mass is 9.95. The van der Waals surface area contributed by atoms with Crippen molar-refractivity contribution in [3.05, 3.63) is 66.1 Å². The van der Waals surface area contributed by atoms with Crippen molar-refractivity contribution in [3.63, 3.8) is 0 Å². The lowest BCUT2D eigenvalue weighted by Gasteiger charge is -2.25. The molecule has 0 amide bonds. The first-order chi connectivity index (χ1) is 16.7. The summed E-state index contributed by atoms with van der Waals surface area (Å²) in [5.41, 5.74) is 1.74. The SMILES string of the molecule is CC(C)[C@H](CN(C)c1nc(-c2cc(-c3ccon3)n(Cc3ccccc3F)n2)ncc1F)C(=O)O. The van der Waals surface area contributed by atoms with Crippen LogP contribution < -0.4 is 4.90 Å². The van der Waals surface area contributed by atoms with E-state index >= 15 is 0 Å². The molecule has 4 aromatic rings. The fourth-order valence-electron chi connectivity index (χ4n) is 3.69. The second-order valence-electron chi connectivity index (χ2n) is 8.48. The van der Waals surface area contributed by atoms with Crippen molar-refractivity contribution in [2.75, 3.05) is 18.5 Å². The maximum absolute atomic E-state index is 14.6. The van der Waals surface area contributed by atoms with Gasteiger partial charge in [0.05, 0.1) is 24.4 Å². The number of halogens is 2. The number of hydrogen-bond acceptors (Lipinski definition) is 7. The van der Waals surface area contributed by atoms with Gasteiger partial charge in [0.15, 0.2) is 17.5 Å². The minimum Gasteiger partial charge on any atom is -0.481 e. The minimum absolute atomic E-state index is 0.0476. The molecule has 9 nitrogen and oxygen atoms in total. The van der Waals surface area contributed by atoms with Gasteiger partial charge in [0.25, 0.3) is 0 Å². The molecule has 0 radical (unpaired) electrons. The van der Waals surface area contributed by atoms with Gasteiger partial charge in [-0.2, -0.15) is 5.10 Å². The zero-order chi connectivity index (χ0) is 25.1. The molecule has 0 bridgehead atoms. The molecule has 3 heterocycles. The smallest absolute Gasteiger partial charge is 0.308 e. The first kappa shape index (κ1) is 24.0. The first-order valence-electron chi connectivity index (χ1n) is 10.9. The Hall–Kier alpha value is -4.15. The van der Waals surface area contributed by atoms with Crippen LogP contribution >= 0.6 is 0 Å². The van der Waals surface area contributed by atoms with Crippen molar-refractivity contribution in [1.29, 1.82) is 0 Å². The van der Waals surface area contributed by atoms with Crippen LogP contribution in [0.4, 0.5) is 14.6 Å². The molecule has 35 heavy (non-hydrogen) atoms. The fourth-order valence-corrected chi connectivity index (χ4v) is 3.69. The number of aliphatic carboxylic acids is 1. The molecule has 0 aliphatic heterocycles. The fraction of sp³-hybridized carbons (Fsp3) is 0.292. The molecule has 1 atom stereocenters. The third-order valence-corrected chi connectivity index (χ3v) is 5.67. The van der Waals surface area contributed by atoms with Crippen molar-refractivity contribution in [3.8, 4) is 22.9 Å². The van der Waals surface area contributed by atoms with Gasteiger partial charge in [0.2, 0.25) is 0 Å². The number of carboxylic acids is 1. The third-order valence-electron chi connectivity index (χ3n) is 5.67. The van der Waals surface area contributed by atoms with E-state index in [4.69, 9.17) is 4.52 Å². The summed E-state index contributed by atoms with van der Waals surface area (Å²) in [5, 5.41) is 18.0. The van der Waals surface area contributed by atoms with Crippen LogP contribution in [0.15, 0.2) is 53.4 Å². The number of nitrogens with zero attached hydrogens (tertiary/aromatic N) is 6. The van der Waals surface area contributed by atoms with Crippen LogP contribution in [0.2, 0.25) is 0 Å². The van der Waals surface area contributed by atoms with Crippen LogP contribution in [0, 0.1) is 23.5 Å². The molecule has 3 aromatic heterocycles. The Labute approximate surface area is 200 Å². The van der Waals surface area contributed by atoms with Crippen LogP contribution in [-0.4, -0.2) is 49.6 Å². The standard InChI is InChI=1S/C24H24F2N6O3/c1-14(2)16(24(33)34)13-31(3)23-18(26)11-27-22(28-23)20-10-21(19-8-9-35-30-19)32(29-20)12-15-6-4-5-7-17(15)25/h4-11,14,16H,12-13H2,1-3H3,(H,33,34)/t16-/m0/s1. The van der Waals surface area contributed by atoms with E-state index in [1.807, 2.05) is 0 Å². The number of carbonyl (C=O) groups is 1. The third kappa shape index (κ3) is 5.18. The molecular formula is C24H24F2N6O3. The van der Waals surface area contributed by atoms with Crippen LogP contribution in [0.1, 0.15) is 19.4 Å². The van der Waals surface area contributed by atoms with Gasteiger partial charge in [0.1, 0.15) is 23.5 Å². The van der Waals surface area contributed by atoms with Crippen molar-refractivity contribution in [2.24, 2.45) is 11.8 Å². The predicted molar refractivity (Wildman–Crippen MR) is 123 cm³/mol. The minimum atomic E-state index is -0.967. The van der Waals surface area contributed by atoms with Gasteiger partial charge in [-0.15, -0.1) is 0 Å². The van der Waals surface area contributed by atoms with Gasteiger partial charge in [0, 0.05) is 25.2 Å². The Morgan fingerprint density at radius 2 is 1.94 bits per heavy atom. The highest BCUT2D eigenvalue weighted by molar-refractivity contribution is 5.71. The normalized spacial score (nSPS) is 12.2. The first-order valence-corrected chi connectivity index (χ1v) is 10.9. The highest BCUT2D eigenvalue weighted by atomic mass is 19.1. The van der Waals surface area contributed by atoms with Crippen LogP contribution in [0.25, 0.3) is 22.9 Å². The number of benzene rings is 1. The number of aromatic nitrogens is 5. The van der Waals surface area contributed by atoms with Gasteiger partial charge >= 0.3 is 5.97 Å². The van der Waals surface area contributed by atoms with Gasteiger partial charge in [-0.25, -0.2) is 18.7 Å². The zero-order valence-corrected chi connectivity index (χ0v) is 19.4. The Balaban J connectivity index is 1.71. The Kier molecular flexibility index (Phi) is 6.85. The number of anilines is 1. The number of rotatable bonds is 9. The summed E-state index contributed by atoms with van der Waals surface area (Å²) in [6.45, 7) is 3.76. The van der Waals surface area contributed by atoms with E-state index in [1.165, 1.54) is 17.2 Å². The molecule has 0 spiro atoms. The number of hydrogen-bond donors (Lipinski definition) is 1. The predicted octanol–water partition coefficient (Wildman–Crippen LogP) is 4.11. The average Bonchev–Trinajstić information content (AvgIpc) is 3.49. The average molecular weight is 482 g/mol. The summed E-state index contributed by atoms with van der Waals surface area (Å²) in [6.07, 6.45) is 2.43. The van der Waals surface area contributed by atoms with Crippen LogP contribution in [-0.2, 0) is 11.3 Å². The Morgan fingerprint density at radius 1 is 1.17 bits per heavy atom. The Bertz CT molecular complexity index is 1320. The van der Waals surface area contributed by atoms with Gasteiger partial charge < -0.3 is 14.5 Å². The molecule has 182 valence electrons. The van der Waals surface area contributed by atoms with Gasteiger partial charge in [-0.1, -0.05) is 37.2 Å². The van der Waals surface area contributed by atoms with E-state index in [0.717, 1.165) is 6.20 Å². The molecule has 4 rings (SSSR count). The highest BCUT2D eigenvalue weighted by Crippen LogP contribution is 2.27. The molecule has 0 aliphatic carbocycles. The summed E-state index contributed by atoms with van der Waals surface area (Å²) >= 11 is 0. The largest absolute Gasteiger partial charge is 0.481 e. The molecule has 0 aliphatic rings. The molecule has 11 heteroatoms. The quantitative estimate of drug-likeness (QED) is 0.379. The van der Waals surface area contributed by atoms with Crippen LogP contribution in [0.3, 0.4) is 0 Å². The van der Waals surface area contributed by atoms with Crippen molar-refractivity contribution in [2.45, 2.75) is 20.4 Å². The molecule has 0 saturated carbocycles. The summed E-state index contributed by atoms with van der Waals surface area (Å²) in [4.78, 5) is 21.5. The summed E-state index contributed by atoms with van der Waals surface area (Å²) in [5.74, 6) is -2.82. The number of carboxylic acid groups (broad SMARTS) is 1. The van der Waals surface area contributed by atoms with E-state index in [0.29, 0.717) is 22.6 Å². The lowest BCUT2D eigenvalue weighted by molar-refractivity contribution is -0.142. The summed E-state index contributed by atoms with van der Waals surface area (Å²) in [6, 6.07) is 9.64. The molecule has 1 aromatic carbocycles. The second kappa shape index (κ2) is 10.00. The highest BCUT2D eigenvalue weighted by Gasteiger charge is 2.26. The van der Waals surface area contributed by atoms with Crippen LogP contribution in [0.5, 0.6) is 0 Å². The van der Waals surface area contributed by atoms with E-state index in [-0.39, 0.29) is 36.5 Å². The Morgan fingerprint density at radius 3 is 2.60 bits per heavy atom. The van der Waals surface area contributed by atoms with Gasteiger partial charge in [-0.05, 0) is 18.1 Å². The maximum atomic E-state index is 14.6. The van der Waals surface area contributed by atoms with Gasteiger partial charge in [-0.3, -0.25) is 9.48 Å². The molecular weight excluding hydrogens is 458 g/mol. The van der Waals surface area contributed by atoms with E-state index in [1.54, 1.807) is 55.9 Å². The zero-order valence-electron chi connectivity index (χ0n) is 19.4. The van der Waals surface area contributed by atoms with Crippen molar-refractivity contribution in [1.82, 2.24) is 24.9 Å². The summed E-state index contributed by atoms with van der Waals surface area (Å²) in [7, 11) is 1.57. The van der Waals surface area contributed by atoms with E-state index in [2.05, 4.69) is 20.2 Å². The maximum Gasteiger partial charge on any atom is 0.308 e. The summed E-state index contributed by atoms with van der Waals surface area (Å²) < 4.78 is 35.4. The topological polar surface area (TPSA) is 110 Å².